The summed E-state index contributed by atoms with van der Waals surface area (Å²) in [7, 11) is 1.65. The molecule has 0 spiro atoms. The molecule has 0 saturated carbocycles. The third kappa shape index (κ3) is 6.46. The highest BCUT2D eigenvalue weighted by Gasteiger charge is 2.17. The van der Waals surface area contributed by atoms with Crippen molar-refractivity contribution in [1.29, 1.82) is 0 Å². The Balaban J connectivity index is 2.37. The van der Waals surface area contributed by atoms with Crippen LogP contribution in [0.5, 0.6) is 5.75 Å². The maximum atomic E-state index is 10.1. The zero-order valence-electron chi connectivity index (χ0n) is 13.9. The van der Waals surface area contributed by atoms with Crippen molar-refractivity contribution < 1.29 is 14.6 Å². The fourth-order valence-corrected chi connectivity index (χ4v) is 2.39. The molecule has 120 valence electrons. The lowest BCUT2D eigenvalue weighted by Gasteiger charge is -2.32. The molecule has 0 amide bonds. The average Bonchev–Trinajstić information content (AvgIpc) is 2.44. The Morgan fingerprint density at radius 1 is 1.14 bits per heavy atom. The van der Waals surface area contributed by atoms with Crippen LogP contribution in [0.3, 0.4) is 0 Å². The summed E-state index contributed by atoms with van der Waals surface area (Å²) in [6.07, 6.45) is -0.472. The summed E-state index contributed by atoms with van der Waals surface area (Å²) < 4.78 is 10.8. The Kier molecular flexibility index (Phi) is 7.72. The van der Waals surface area contributed by atoms with E-state index in [1.807, 2.05) is 24.3 Å². The van der Waals surface area contributed by atoms with Gasteiger partial charge in [0.2, 0.25) is 0 Å². The minimum absolute atomic E-state index is 0.340. The number of aliphatic hydroxyl groups is 1. The SMILES string of the molecule is COc1cccc(COC[C@@H](O)CN(C(C)C)C(C)C)c1. The molecule has 0 aliphatic heterocycles. The molecule has 0 bridgehead atoms. The van der Waals surface area contributed by atoms with Crippen LogP contribution in [0, 0.1) is 0 Å². The van der Waals surface area contributed by atoms with Crippen molar-refractivity contribution in [2.24, 2.45) is 0 Å². The van der Waals surface area contributed by atoms with Gasteiger partial charge >= 0.3 is 0 Å². The van der Waals surface area contributed by atoms with E-state index in [1.165, 1.54) is 0 Å². The van der Waals surface area contributed by atoms with Crippen molar-refractivity contribution in [1.82, 2.24) is 4.90 Å². The average molecular weight is 295 g/mol. The summed E-state index contributed by atoms with van der Waals surface area (Å²) in [5.74, 6) is 0.822. The first-order valence-corrected chi connectivity index (χ1v) is 7.58. The van der Waals surface area contributed by atoms with Crippen LogP contribution in [0.1, 0.15) is 33.3 Å². The molecule has 1 aromatic rings. The zero-order chi connectivity index (χ0) is 15.8. The molecule has 1 N–H and O–H groups in total. The number of rotatable bonds is 9. The molecule has 0 aliphatic carbocycles. The first kappa shape index (κ1) is 18.0. The molecular weight excluding hydrogens is 266 g/mol. The number of benzene rings is 1. The van der Waals surface area contributed by atoms with E-state index >= 15 is 0 Å². The van der Waals surface area contributed by atoms with Gasteiger partial charge in [0.25, 0.3) is 0 Å². The smallest absolute Gasteiger partial charge is 0.119 e. The van der Waals surface area contributed by atoms with Crippen LogP contribution in [-0.4, -0.2) is 48.5 Å². The van der Waals surface area contributed by atoms with Crippen molar-refractivity contribution in [2.75, 3.05) is 20.3 Å². The summed E-state index contributed by atoms with van der Waals surface area (Å²) in [5, 5.41) is 10.1. The summed E-state index contributed by atoms with van der Waals surface area (Å²) >= 11 is 0. The number of hydrogen-bond acceptors (Lipinski definition) is 4. The van der Waals surface area contributed by atoms with Crippen molar-refractivity contribution in [2.45, 2.75) is 52.5 Å². The Bertz CT molecular complexity index is 399. The molecule has 0 radical (unpaired) electrons. The van der Waals surface area contributed by atoms with Crippen molar-refractivity contribution >= 4 is 0 Å². The van der Waals surface area contributed by atoms with E-state index in [0.717, 1.165) is 11.3 Å². The van der Waals surface area contributed by atoms with Crippen LogP contribution in [-0.2, 0) is 11.3 Å². The van der Waals surface area contributed by atoms with Crippen LogP contribution in [0.4, 0.5) is 0 Å². The van der Waals surface area contributed by atoms with Crippen LogP contribution in [0.15, 0.2) is 24.3 Å². The topological polar surface area (TPSA) is 41.9 Å². The van der Waals surface area contributed by atoms with E-state index in [-0.39, 0.29) is 0 Å². The number of ether oxygens (including phenoxy) is 2. The number of hydrogen-bond donors (Lipinski definition) is 1. The van der Waals surface area contributed by atoms with Gasteiger partial charge in [0.05, 0.1) is 26.4 Å². The van der Waals surface area contributed by atoms with Gasteiger partial charge in [-0.2, -0.15) is 0 Å². The zero-order valence-corrected chi connectivity index (χ0v) is 13.9. The standard InChI is InChI=1S/C17H29NO3/c1-13(2)18(14(3)4)10-16(19)12-21-11-15-7-6-8-17(9-15)20-5/h6-9,13-14,16,19H,10-12H2,1-5H3/t16-/m0/s1. The molecule has 0 unspecified atom stereocenters. The molecule has 0 fully saturated rings. The van der Waals surface area contributed by atoms with Crippen LogP contribution < -0.4 is 4.74 Å². The van der Waals surface area contributed by atoms with E-state index in [9.17, 15) is 5.11 Å². The molecule has 0 aliphatic rings. The highest BCUT2D eigenvalue weighted by Crippen LogP contribution is 2.13. The van der Waals surface area contributed by atoms with Gasteiger partial charge in [-0.1, -0.05) is 12.1 Å². The molecule has 0 aromatic heterocycles. The summed E-state index contributed by atoms with van der Waals surface area (Å²) in [6, 6.07) is 8.61. The molecule has 1 atom stereocenters. The number of aliphatic hydroxyl groups excluding tert-OH is 1. The third-order valence-electron chi connectivity index (χ3n) is 3.46. The van der Waals surface area contributed by atoms with Crippen LogP contribution in [0.2, 0.25) is 0 Å². The molecule has 1 rings (SSSR count). The van der Waals surface area contributed by atoms with Crippen molar-refractivity contribution in [3.05, 3.63) is 29.8 Å². The fraction of sp³-hybridized carbons (Fsp3) is 0.647. The minimum Gasteiger partial charge on any atom is -0.497 e. The van der Waals surface area contributed by atoms with E-state index in [0.29, 0.717) is 31.8 Å². The van der Waals surface area contributed by atoms with Gasteiger partial charge < -0.3 is 14.6 Å². The first-order valence-electron chi connectivity index (χ1n) is 7.58. The van der Waals surface area contributed by atoms with Crippen molar-refractivity contribution in [3.8, 4) is 5.75 Å². The fourth-order valence-electron chi connectivity index (χ4n) is 2.39. The lowest BCUT2D eigenvalue weighted by molar-refractivity contribution is -0.00160. The summed E-state index contributed by atoms with van der Waals surface area (Å²) in [6.45, 7) is 10.0. The summed E-state index contributed by atoms with van der Waals surface area (Å²) in [4.78, 5) is 2.26. The largest absolute Gasteiger partial charge is 0.497 e. The predicted molar refractivity (Wildman–Crippen MR) is 85.6 cm³/mol. The second-order valence-electron chi connectivity index (χ2n) is 5.90. The normalized spacial score (nSPS) is 13.2. The third-order valence-corrected chi connectivity index (χ3v) is 3.46. The van der Waals surface area contributed by atoms with Crippen LogP contribution >= 0.6 is 0 Å². The van der Waals surface area contributed by atoms with Gasteiger partial charge in [-0.15, -0.1) is 0 Å². The monoisotopic (exact) mass is 295 g/mol. The van der Waals surface area contributed by atoms with E-state index in [4.69, 9.17) is 9.47 Å². The first-order chi connectivity index (χ1) is 9.93. The Labute approximate surface area is 128 Å². The van der Waals surface area contributed by atoms with Gasteiger partial charge in [-0.05, 0) is 45.4 Å². The van der Waals surface area contributed by atoms with Gasteiger partial charge in [-0.3, -0.25) is 4.90 Å². The minimum atomic E-state index is -0.472. The Hall–Kier alpha value is -1.10. The molecule has 21 heavy (non-hydrogen) atoms. The van der Waals surface area contributed by atoms with Gasteiger partial charge in [-0.25, -0.2) is 0 Å². The van der Waals surface area contributed by atoms with Crippen molar-refractivity contribution in [3.63, 3.8) is 0 Å². The van der Waals surface area contributed by atoms with Crippen LogP contribution in [0.25, 0.3) is 0 Å². The molecule has 1 aromatic carbocycles. The van der Waals surface area contributed by atoms with E-state index in [2.05, 4.69) is 32.6 Å². The lowest BCUT2D eigenvalue weighted by Crippen LogP contribution is -2.43. The van der Waals surface area contributed by atoms with Gasteiger partial charge in [0.1, 0.15) is 5.75 Å². The quantitative estimate of drug-likeness (QED) is 0.760. The second kappa shape index (κ2) is 9.03. The molecular formula is C17H29NO3. The molecule has 4 heteroatoms. The molecule has 0 saturated heterocycles. The highest BCUT2D eigenvalue weighted by molar-refractivity contribution is 5.27. The number of methoxy groups -OCH3 is 1. The summed E-state index contributed by atoms with van der Waals surface area (Å²) in [5.41, 5.74) is 1.05. The number of nitrogens with zero attached hydrogens (tertiary/aromatic N) is 1. The highest BCUT2D eigenvalue weighted by atomic mass is 16.5. The molecule has 4 nitrogen and oxygen atoms in total. The molecule has 0 heterocycles. The lowest BCUT2D eigenvalue weighted by atomic mass is 10.2. The maximum absolute atomic E-state index is 10.1. The van der Waals surface area contributed by atoms with E-state index < -0.39 is 6.10 Å². The Morgan fingerprint density at radius 3 is 2.38 bits per heavy atom. The Morgan fingerprint density at radius 2 is 1.81 bits per heavy atom. The van der Waals surface area contributed by atoms with Gasteiger partial charge in [0, 0.05) is 18.6 Å². The van der Waals surface area contributed by atoms with E-state index in [1.54, 1.807) is 7.11 Å². The maximum Gasteiger partial charge on any atom is 0.119 e. The predicted octanol–water partition coefficient (Wildman–Crippen LogP) is 2.69. The second-order valence-corrected chi connectivity index (χ2v) is 5.90. The van der Waals surface area contributed by atoms with Gasteiger partial charge in [0.15, 0.2) is 0 Å².